The Morgan fingerprint density at radius 3 is 2.72 bits per heavy atom. The summed E-state index contributed by atoms with van der Waals surface area (Å²) < 4.78 is 1.26. The summed E-state index contributed by atoms with van der Waals surface area (Å²) >= 11 is 5.86. The summed E-state index contributed by atoms with van der Waals surface area (Å²) in [5, 5.41) is 27.9. The van der Waals surface area contributed by atoms with Gasteiger partial charge in [-0.3, -0.25) is 15.5 Å². The normalized spacial score (nSPS) is 12.1. The Bertz CT molecular complexity index is 559. The maximum absolute atomic E-state index is 10.9. The van der Waals surface area contributed by atoms with Gasteiger partial charge in [0.25, 0.3) is 5.69 Å². The van der Waals surface area contributed by atoms with E-state index in [0.29, 0.717) is 0 Å². The van der Waals surface area contributed by atoms with Crippen LogP contribution in [-0.4, -0.2) is 24.9 Å². The number of aliphatic hydroxyl groups excluding tert-OH is 1. The number of rotatable bonds is 4. The van der Waals surface area contributed by atoms with Gasteiger partial charge in [-0.25, -0.2) is 4.68 Å². The van der Waals surface area contributed by atoms with Gasteiger partial charge in [-0.05, 0) is 6.07 Å². The van der Waals surface area contributed by atoms with Gasteiger partial charge >= 0.3 is 0 Å². The molecule has 0 amide bonds. The van der Waals surface area contributed by atoms with Gasteiger partial charge in [-0.1, -0.05) is 17.7 Å². The van der Waals surface area contributed by atoms with Crippen molar-refractivity contribution in [1.82, 2.24) is 14.9 Å². The number of nitro benzene ring substituents is 1. The van der Waals surface area contributed by atoms with Crippen molar-refractivity contribution in [2.24, 2.45) is 0 Å². The zero-order valence-corrected chi connectivity index (χ0v) is 9.65. The number of aromatic nitrogens is 3. The van der Waals surface area contributed by atoms with Crippen molar-refractivity contribution in [2.75, 3.05) is 5.43 Å². The van der Waals surface area contributed by atoms with E-state index in [1.807, 2.05) is 0 Å². The van der Waals surface area contributed by atoms with E-state index in [2.05, 4.69) is 15.6 Å². The van der Waals surface area contributed by atoms with E-state index in [1.165, 1.54) is 35.5 Å². The Kier molecular flexibility index (Phi) is 3.40. The second-order valence-corrected chi connectivity index (χ2v) is 3.74. The SMILES string of the molecule is O=[N+]([O-])c1cccc(Cl)c1[C@@H](O)Nn1cnnc1. The molecule has 0 aliphatic heterocycles. The maximum atomic E-state index is 10.9. The van der Waals surface area contributed by atoms with Gasteiger partial charge in [0.15, 0.2) is 6.23 Å². The van der Waals surface area contributed by atoms with E-state index in [4.69, 9.17) is 11.6 Å². The standard InChI is InChI=1S/C9H8ClN5O3/c10-6-2-1-3-7(15(17)18)8(6)9(16)13-14-4-11-12-5-14/h1-5,9,13,16H/t9-/m1/s1. The number of halogens is 1. The van der Waals surface area contributed by atoms with Gasteiger partial charge in [-0.15, -0.1) is 10.2 Å². The molecule has 1 heterocycles. The van der Waals surface area contributed by atoms with Crippen molar-refractivity contribution >= 4 is 17.3 Å². The van der Waals surface area contributed by atoms with Crippen LogP contribution < -0.4 is 5.43 Å². The van der Waals surface area contributed by atoms with Crippen LogP contribution in [0.5, 0.6) is 0 Å². The number of hydrogen-bond acceptors (Lipinski definition) is 6. The molecule has 0 fully saturated rings. The lowest BCUT2D eigenvalue weighted by Gasteiger charge is -2.15. The van der Waals surface area contributed by atoms with Gasteiger partial charge in [0.2, 0.25) is 0 Å². The van der Waals surface area contributed by atoms with E-state index >= 15 is 0 Å². The Morgan fingerprint density at radius 1 is 1.44 bits per heavy atom. The van der Waals surface area contributed by atoms with E-state index in [9.17, 15) is 15.2 Å². The third-order valence-electron chi connectivity index (χ3n) is 2.19. The first-order chi connectivity index (χ1) is 8.59. The van der Waals surface area contributed by atoms with Crippen molar-refractivity contribution in [3.63, 3.8) is 0 Å². The van der Waals surface area contributed by atoms with Crippen LogP contribution in [0.25, 0.3) is 0 Å². The van der Waals surface area contributed by atoms with E-state index in [0.717, 1.165) is 0 Å². The Labute approximate surface area is 106 Å². The molecule has 18 heavy (non-hydrogen) atoms. The highest BCUT2D eigenvalue weighted by molar-refractivity contribution is 6.31. The van der Waals surface area contributed by atoms with Gasteiger partial charge in [0, 0.05) is 6.07 Å². The minimum atomic E-state index is -1.35. The fourth-order valence-corrected chi connectivity index (χ4v) is 1.70. The third kappa shape index (κ3) is 2.39. The number of aliphatic hydroxyl groups is 1. The number of nitrogens with one attached hydrogen (secondary N) is 1. The van der Waals surface area contributed by atoms with E-state index in [-0.39, 0.29) is 16.3 Å². The van der Waals surface area contributed by atoms with Crippen LogP contribution in [0.15, 0.2) is 30.9 Å². The number of hydrogen-bond donors (Lipinski definition) is 2. The minimum absolute atomic E-state index is 0.0159. The smallest absolute Gasteiger partial charge is 0.278 e. The van der Waals surface area contributed by atoms with Crippen LogP contribution in [0.2, 0.25) is 5.02 Å². The molecule has 2 N–H and O–H groups in total. The van der Waals surface area contributed by atoms with Gasteiger partial charge in [0.05, 0.1) is 15.5 Å². The average Bonchev–Trinajstić information content (AvgIpc) is 2.81. The second-order valence-electron chi connectivity index (χ2n) is 3.33. The summed E-state index contributed by atoms with van der Waals surface area (Å²) in [5.41, 5.74) is 2.25. The summed E-state index contributed by atoms with van der Waals surface area (Å²) in [6.45, 7) is 0. The van der Waals surface area contributed by atoms with Gasteiger partial charge < -0.3 is 5.11 Å². The van der Waals surface area contributed by atoms with Gasteiger partial charge in [0.1, 0.15) is 12.7 Å². The first-order valence-electron chi connectivity index (χ1n) is 4.81. The molecule has 0 aliphatic rings. The molecule has 0 saturated heterocycles. The van der Waals surface area contributed by atoms with Crippen LogP contribution in [0.3, 0.4) is 0 Å². The first-order valence-corrected chi connectivity index (χ1v) is 5.19. The summed E-state index contributed by atoms with van der Waals surface area (Å²) in [6, 6.07) is 4.16. The summed E-state index contributed by atoms with van der Waals surface area (Å²) in [5.74, 6) is 0. The quantitative estimate of drug-likeness (QED) is 0.489. The van der Waals surface area contributed by atoms with Crippen LogP contribution >= 0.6 is 11.6 Å². The average molecular weight is 270 g/mol. The predicted molar refractivity (Wildman–Crippen MR) is 62.4 cm³/mol. The van der Waals surface area contributed by atoms with Crippen molar-refractivity contribution in [3.05, 3.63) is 51.6 Å². The Morgan fingerprint density at radius 2 is 2.11 bits per heavy atom. The molecule has 0 aliphatic carbocycles. The van der Waals surface area contributed by atoms with Gasteiger partial charge in [-0.2, -0.15) is 0 Å². The lowest BCUT2D eigenvalue weighted by atomic mass is 10.1. The zero-order valence-electron chi connectivity index (χ0n) is 8.89. The molecule has 2 aromatic rings. The highest BCUT2D eigenvalue weighted by Crippen LogP contribution is 2.31. The molecule has 1 aromatic heterocycles. The lowest BCUT2D eigenvalue weighted by molar-refractivity contribution is -0.386. The fraction of sp³-hybridized carbons (Fsp3) is 0.111. The Balaban J connectivity index is 2.34. The predicted octanol–water partition coefficient (Wildman–Crippen LogP) is 1.07. The number of benzene rings is 1. The van der Waals surface area contributed by atoms with Crippen molar-refractivity contribution in [3.8, 4) is 0 Å². The van der Waals surface area contributed by atoms with Crippen molar-refractivity contribution in [1.29, 1.82) is 0 Å². The molecule has 1 atom stereocenters. The molecule has 0 radical (unpaired) electrons. The topological polar surface area (TPSA) is 106 Å². The molecule has 0 spiro atoms. The monoisotopic (exact) mass is 269 g/mol. The molecule has 2 rings (SSSR count). The van der Waals surface area contributed by atoms with Crippen LogP contribution in [0.1, 0.15) is 11.8 Å². The largest absolute Gasteiger partial charge is 0.368 e. The molecule has 8 nitrogen and oxygen atoms in total. The molecule has 0 unspecified atom stereocenters. The highest BCUT2D eigenvalue weighted by Gasteiger charge is 2.23. The number of nitrogens with zero attached hydrogens (tertiary/aromatic N) is 4. The van der Waals surface area contributed by atoms with E-state index in [1.54, 1.807) is 0 Å². The van der Waals surface area contributed by atoms with Crippen LogP contribution in [0.4, 0.5) is 5.69 Å². The minimum Gasteiger partial charge on any atom is -0.368 e. The molecule has 0 saturated carbocycles. The highest BCUT2D eigenvalue weighted by atomic mass is 35.5. The summed E-state index contributed by atoms with van der Waals surface area (Å²) in [4.78, 5) is 10.2. The second kappa shape index (κ2) is 4.98. The van der Waals surface area contributed by atoms with Crippen molar-refractivity contribution < 1.29 is 10.0 Å². The summed E-state index contributed by atoms with van der Waals surface area (Å²) in [7, 11) is 0. The van der Waals surface area contributed by atoms with Crippen LogP contribution in [0, 0.1) is 10.1 Å². The molecule has 0 bridgehead atoms. The summed E-state index contributed by atoms with van der Waals surface area (Å²) in [6.07, 6.45) is 1.24. The van der Waals surface area contributed by atoms with Crippen LogP contribution in [-0.2, 0) is 0 Å². The lowest BCUT2D eigenvalue weighted by Crippen LogP contribution is -2.20. The number of nitro groups is 1. The van der Waals surface area contributed by atoms with Crippen molar-refractivity contribution in [2.45, 2.75) is 6.23 Å². The Hall–Kier alpha value is -2.19. The fourth-order valence-electron chi connectivity index (χ4n) is 1.43. The molecule has 1 aromatic carbocycles. The maximum Gasteiger partial charge on any atom is 0.278 e. The molecule has 9 heteroatoms. The molecular weight excluding hydrogens is 262 g/mol. The first kappa shape index (κ1) is 12.3. The zero-order chi connectivity index (χ0) is 13.1. The molecular formula is C9H8ClN5O3. The van der Waals surface area contributed by atoms with E-state index < -0.39 is 11.2 Å². The molecule has 94 valence electrons. The third-order valence-corrected chi connectivity index (χ3v) is 2.52.